The van der Waals surface area contributed by atoms with Crippen molar-refractivity contribution in [1.82, 2.24) is 9.47 Å². The number of carbonyl (C=O) groups excluding carboxylic acids is 1. The molecule has 2 fully saturated rings. The van der Waals surface area contributed by atoms with Crippen LogP contribution in [-0.4, -0.2) is 34.5 Å². The van der Waals surface area contributed by atoms with Crippen LogP contribution in [0.1, 0.15) is 54.0 Å². The van der Waals surface area contributed by atoms with Crippen LogP contribution in [0.25, 0.3) is 0 Å². The van der Waals surface area contributed by atoms with E-state index in [1.165, 1.54) is 18.5 Å². The summed E-state index contributed by atoms with van der Waals surface area (Å²) in [5, 5.41) is 0. The highest BCUT2D eigenvalue weighted by Gasteiger charge is 2.35. The van der Waals surface area contributed by atoms with Crippen molar-refractivity contribution < 1.29 is 4.79 Å². The van der Waals surface area contributed by atoms with Gasteiger partial charge in [0, 0.05) is 30.0 Å². The highest BCUT2D eigenvalue weighted by molar-refractivity contribution is 5.96. The second kappa shape index (κ2) is 6.01. The number of carbonyl (C=O) groups is 1. The van der Waals surface area contributed by atoms with E-state index in [9.17, 15) is 4.79 Å². The molecule has 5 heteroatoms. The fraction of sp³-hybridized carbons (Fsp3) is 0.688. The van der Waals surface area contributed by atoms with Crippen LogP contribution in [0.4, 0.5) is 0 Å². The van der Waals surface area contributed by atoms with E-state index < -0.39 is 0 Å². The molecule has 1 aromatic rings. The van der Waals surface area contributed by atoms with Crippen LogP contribution in [0, 0.1) is 19.8 Å². The number of hydrogen-bond acceptors (Lipinski definition) is 2. The van der Waals surface area contributed by atoms with Gasteiger partial charge in [0.05, 0.1) is 5.56 Å². The molecule has 0 aromatic carbocycles. The lowest BCUT2D eigenvalue weighted by molar-refractivity contribution is 0.0742. The molecule has 118 valence electrons. The molecule has 0 bridgehead atoms. The molecule has 1 aliphatic carbocycles. The van der Waals surface area contributed by atoms with Gasteiger partial charge in [0.15, 0.2) is 0 Å². The maximum Gasteiger partial charge on any atom is 0.255 e. The van der Waals surface area contributed by atoms with Gasteiger partial charge in [-0.05, 0) is 58.6 Å². The Balaban J connectivity index is 0.00000161. The molecule has 2 atom stereocenters. The first kappa shape index (κ1) is 16.4. The summed E-state index contributed by atoms with van der Waals surface area (Å²) in [6, 6.07) is 3.00. The number of rotatable bonds is 3. The van der Waals surface area contributed by atoms with Gasteiger partial charge < -0.3 is 15.2 Å². The first-order valence-corrected chi connectivity index (χ1v) is 7.72. The van der Waals surface area contributed by atoms with Gasteiger partial charge in [0.25, 0.3) is 5.91 Å². The zero-order chi connectivity index (χ0) is 14.4. The Morgan fingerprint density at radius 2 is 2.05 bits per heavy atom. The van der Waals surface area contributed by atoms with Crippen LogP contribution in [0.15, 0.2) is 6.07 Å². The Kier molecular flexibility index (Phi) is 4.69. The van der Waals surface area contributed by atoms with Gasteiger partial charge in [-0.2, -0.15) is 0 Å². The minimum Gasteiger partial charge on any atom is -0.345 e. The lowest BCUT2D eigenvalue weighted by atomic mass is 10.1. The molecule has 2 heterocycles. The van der Waals surface area contributed by atoms with E-state index in [0.717, 1.165) is 24.2 Å². The van der Waals surface area contributed by atoms with Crippen LogP contribution in [0.3, 0.4) is 0 Å². The monoisotopic (exact) mass is 311 g/mol. The van der Waals surface area contributed by atoms with E-state index in [1.807, 2.05) is 4.90 Å². The topological polar surface area (TPSA) is 51.3 Å². The lowest BCUT2D eigenvalue weighted by Gasteiger charge is -2.21. The highest BCUT2D eigenvalue weighted by Crippen LogP contribution is 2.38. The maximum atomic E-state index is 12.8. The standard InChI is InChI=1S/C16H25N3O.ClH/c1-10-6-13(8-17)9-18(10)16(20)15-7-11(2)19(12(15)3)14-4-5-14;/h7,10,13-14H,4-6,8-9,17H2,1-3H3;1H. The molecule has 4 nitrogen and oxygen atoms in total. The van der Waals surface area contributed by atoms with Crippen molar-refractivity contribution in [2.45, 2.75) is 52.1 Å². The van der Waals surface area contributed by atoms with E-state index >= 15 is 0 Å². The fourth-order valence-corrected chi connectivity index (χ4v) is 3.64. The molecule has 2 aliphatic rings. The summed E-state index contributed by atoms with van der Waals surface area (Å²) in [6.45, 7) is 7.81. The van der Waals surface area contributed by atoms with E-state index in [-0.39, 0.29) is 18.3 Å². The van der Waals surface area contributed by atoms with Crippen molar-refractivity contribution in [3.63, 3.8) is 0 Å². The van der Waals surface area contributed by atoms with Crippen LogP contribution >= 0.6 is 12.4 Å². The van der Waals surface area contributed by atoms with Gasteiger partial charge in [0.2, 0.25) is 0 Å². The summed E-state index contributed by atoms with van der Waals surface area (Å²) in [7, 11) is 0. The quantitative estimate of drug-likeness (QED) is 0.933. The van der Waals surface area contributed by atoms with Gasteiger partial charge >= 0.3 is 0 Å². The van der Waals surface area contributed by atoms with E-state index in [2.05, 4.69) is 31.4 Å². The first-order valence-electron chi connectivity index (χ1n) is 7.72. The van der Waals surface area contributed by atoms with Crippen molar-refractivity contribution in [3.05, 3.63) is 23.0 Å². The fourth-order valence-electron chi connectivity index (χ4n) is 3.64. The average molecular weight is 312 g/mol. The minimum absolute atomic E-state index is 0. The molecule has 1 aromatic heterocycles. The van der Waals surface area contributed by atoms with Gasteiger partial charge in [-0.15, -0.1) is 12.4 Å². The lowest BCUT2D eigenvalue weighted by Crippen LogP contribution is -2.34. The second-order valence-corrected chi connectivity index (χ2v) is 6.53. The molecule has 0 spiro atoms. The third-order valence-electron chi connectivity index (χ3n) is 4.88. The Morgan fingerprint density at radius 1 is 1.38 bits per heavy atom. The Hall–Kier alpha value is -1.000. The molecule has 1 amide bonds. The SMILES string of the molecule is Cc1cc(C(=O)N2CC(CN)CC2C)c(C)n1C1CC1.Cl. The maximum absolute atomic E-state index is 12.8. The van der Waals surface area contributed by atoms with E-state index in [0.29, 0.717) is 24.5 Å². The van der Waals surface area contributed by atoms with Crippen molar-refractivity contribution >= 4 is 18.3 Å². The number of amides is 1. The zero-order valence-electron chi connectivity index (χ0n) is 13.1. The van der Waals surface area contributed by atoms with Gasteiger partial charge in [-0.25, -0.2) is 0 Å². The first-order chi connectivity index (χ1) is 9.52. The summed E-state index contributed by atoms with van der Waals surface area (Å²) in [5.74, 6) is 0.648. The van der Waals surface area contributed by atoms with Crippen molar-refractivity contribution in [1.29, 1.82) is 0 Å². The van der Waals surface area contributed by atoms with Gasteiger partial charge in [0.1, 0.15) is 0 Å². The Bertz CT molecular complexity index is 536. The second-order valence-electron chi connectivity index (χ2n) is 6.53. The predicted molar refractivity (Wildman–Crippen MR) is 87.1 cm³/mol. The molecule has 3 rings (SSSR count). The summed E-state index contributed by atoms with van der Waals surface area (Å²) >= 11 is 0. The number of aryl methyl sites for hydroxylation is 1. The van der Waals surface area contributed by atoms with Gasteiger partial charge in [-0.1, -0.05) is 0 Å². The third-order valence-corrected chi connectivity index (χ3v) is 4.88. The number of nitrogens with zero attached hydrogens (tertiary/aromatic N) is 2. The van der Waals surface area contributed by atoms with Crippen molar-refractivity contribution in [3.8, 4) is 0 Å². The third kappa shape index (κ3) is 2.84. The number of likely N-dealkylation sites (tertiary alicyclic amines) is 1. The highest BCUT2D eigenvalue weighted by atomic mass is 35.5. The van der Waals surface area contributed by atoms with Crippen molar-refractivity contribution in [2.75, 3.05) is 13.1 Å². The normalized spacial score (nSPS) is 25.0. The molecular weight excluding hydrogens is 286 g/mol. The smallest absolute Gasteiger partial charge is 0.255 e. The summed E-state index contributed by atoms with van der Waals surface area (Å²) < 4.78 is 2.34. The average Bonchev–Trinajstić information content (AvgIpc) is 3.10. The summed E-state index contributed by atoms with van der Waals surface area (Å²) in [6.07, 6.45) is 3.53. The van der Waals surface area contributed by atoms with Crippen LogP contribution < -0.4 is 5.73 Å². The van der Waals surface area contributed by atoms with Crippen LogP contribution in [0.5, 0.6) is 0 Å². The van der Waals surface area contributed by atoms with Crippen LogP contribution in [-0.2, 0) is 0 Å². The van der Waals surface area contributed by atoms with Gasteiger partial charge in [-0.3, -0.25) is 4.79 Å². The number of hydrogen-bond donors (Lipinski definition) is 1. The molecule has 2 unspecified atom stereocenters. The predicted octanol–water partition coefficient (Wildman–Crippen LogP) is 2.67. The molecule has 2 N–H and O–H groups in total. The number of halogens is 1. The minimum atomic E-state index is 0. The molecule has 1 saturated heterocycles. The van der Waals surface area contributed by atoms with E-state index in [4.69, 9.17) is 5.73 Å². The Labute approximate surface area is 133 Å². The molecular formula is C16H26ClN3O. The molecule has 1 saturated carbocycles. The zero-order valence-corrected chi connectivity index (χ0v) is 13.9. The molecule has 1 aliphatic heterocycles. The number of aromatic nitrogens is 1. The number of nitrogens with two attached hydrogens (primary N) is 1. The molecule has 0 radical (unpaired) electrons. The van der Waals surface area contributed by atoms with Crippen molar-refractivity contribution in [2.24, 2.45) is 11.7 Å². The molecule has 21 heavy (non-hydrogen) atoms. The Morgan fingerprint density at radius 3 is 2.57 bits per heavy atom. The summed E-state index contributed by atoms with van der Waals surface area (Å²) in [4.78, 5) is 14.8. The summed E-state index contributed by atoms with van der Waals surface area (Å²) in [5.41, 5.74) is 9.00. The van der Waals surface area contributed by atoms with Crippen LogP contribution in [0.2, 0.25) is 0 Å². The largest absolute Gasteiger partial charge is 0.345 e. The van der Waals surface area contributed by atoms with E-state index in [1.54, 1.807) is 0 Å².